The van der Waals surface area contributed by atoms with E-state index in [9.17, 15) is 19.2 Å². The van der Waals surface area contributed by atoms with Crippen LogP contribution in [0.25, 0.3) is 0 Å². The normalized spacial score (nSPS) is 12.6. The first-order chi connectivity index (χ1) is 17.0. The van der Waals surface area contributed by atoms with E-state index in [2.05, 4.69) is 27.6 Å². The number of nitrogens with one attached hydrogen (secondary N) is 3. The zero-order valence-electron chi connectivity index (χ0n) is 22.3. The van der Waals surface area contributed by atoms with Gasteiger partial charge in [-0.1, -0.05) is 38.8 Å². The first-order valence-corrected chi connectivity index (χ1v) is 12.3. The molecule has 0 aromatic heterocycles. The summed E-state index contributed by atoms with van der Waals surface area (Å²) in [6.07, 6.45) is 2.37. The minimum Gasteiger partial charge on any atom is -0.494 e. The number of hydrogen-bond acceptors (Lipinski definition) is 7. The molecule has 10 heteroatoms. The third-order valence-corrected chi connectivity index (χ3v) is 4.98. The van der Waals surface area contributed by atoms with Crippen molar-refractivity contribution in [1.82, 2.24) is 16.0 Å². The van der Waals surface area contributed by atoms with Crippen LogP contribution in [0.15, 0.2) is 24.3 Å². The molecule has 3 N–H and O–H groups in total. The molecule has 0 spiro atoms. The lowest BCUT2D eigenvalue weighted by Gasteiger charge is -2.25. The first-order valence-electron chi connectivity index (χ1n) is 12.3. The van der Waals surface area contributed by atoms with E-state index in [-0.39, 0.29) is 13.0 Å². The summed E-state index contributed by atoms with van der Waals surface area (Å²) >= 11 is 0. The zero-order valence-corrected chi connectivity index (χ0v) is 22.3. The number of benzene rings is 1. The Kier molecular flexibility index (Phi) is 13.4. The van der Waals surface area contributed by atoms with Gasteiger partial charge in [-0.2, -0.15) is 0 Å². The van der Waals surface area contributed by atoms with E-state index in [4.69, 9.17) is 9.47 Å². The van der Waals surface area contributed by atoms with E-state index in [0.717, 1.165) is 24.2 Å². The molecule has 0 saturated heterocycles. The molecule has 0 heterocycles. The Bertz CT molecular complexity index is 850. The van der Waals surface area contributed by atoms with Crippen molar-refractivity contribution in [3.05, 3.63) is 29.8 Å². The molecule has 1 aromatic carbocycles. The molecular formula is C26H41N3O7. The largest absolute Gasteiger partial charge is 0.494 e. The maximum absolute atomic E-state index is 13.2. The van der Waals surface area contributed by atoms with Crippen LogP contribution in [0.2, 0.25) is 0 Å². The Hall–Kier alpha value is -3.30. The summed E-state index contributed by atoms with van der Waals surface area (Å²) in [6, 6.07) is 5.39. The third kappa shape index (κ3) is 12.4. The predicted molar refractivity (Wildman–Crippen MR) is 136 cm³/mol. The molecule has 0 saturated carbocycles. The van der Waals surface area contributed by atoms with Gasteiger partial charge in [0.2, 0.25) is 11.8 Å². The molecule has 1 unspecified atom stereocenters. The zero-order chi connectivity index (χ0) is 27.1. The molecule has 0 radical (unpaired) electrons. The summed E-state index contributed by atoms with van der Waals surface area (Å²) in [5, 5.41) is 7.77. The number of amides is 3. The highest BCUT2D eigenvalue weighted by Crippen LogP contribution is 2.15. The second kappa shape index (κ2) is 15.6. The molecule has 10 nitrogen and oxygen atoms in total. The molecule has 1 rings (SSSR count). The van der Waals surface area contributed by atoms with Gasteiger partial charge in [-0.3, -0.25) is 14.4 Å². The van der Waals surface area contributed by atoms with E-state index in [1.807, 2.05) is 31.2 Å². The SMILES string of the molecule is CCCCOc1ccc(C[C@H](NC(=O)OC(C)(C)C)C(=O)NC(CCC)C(=O)NCC(=O)OC)cc1. The van der Waals surface area contributed by atoms with E-state index in [0.29, 0.717) is 19.4 Å². The average molecular weight is 508 g/mol. The number of hydrogen-bond donors (Lipinski definition) is 3. The quantitative estimate of drug-likeness (QED) is 0.261. The van der Waals surface area contributed by atoms with E-state index in [1.54, 1.807) is 20.8 Å². The molecule has 1 aromatic rings. The van der Waals surface area contributed by atoms with Crippen LogP contribution in [-0.2, 0) is 30.3 Å². The topological polar surface area (TPSA) is 132 Å². The minimum atomic E-state index is -1.00. The minimum absolute atomic E-state index is 0.170. The van der Waals surface area contributed by atoms with Crippen molar-refractivity contribution in [3.63, 3.8) is 0 Å². The van der Waals surface area contributed by atoms with Gasteiger partial charge in [0.05, 0.1) is 13.7 Å². The molecule has 0 aliphatic rings. The number of methoxy groups -OCH3 is 1. The monoisotopic (exact) mass is 507 g/mol. The van der Waals surface area contributed by atoms with Crippen molar-refractivity contribution in [2.45, 2.75) is 84.4 Å². The summed E-state index contributed by atoms with van der Waals surface area (Å²) < 4.78 is 15.5. The van der Waals surface area contributed by atoms with Gasteiger partial charge in [0.1, 0.15) is 30.0 Å². The molecule has 36 heavy (non-hydrogen) atoms. The highest BCUT2D eigenvalue weighted by Gasteiger charge is 2.28. The van der Waals surface area contributed by atoms with Gasteiger partial charge in [0.25, 0.3) is 0 Å². The fourth-order valence-corrected chi connectivity index (χ4v) is 3.14. The van der Waals surface area contributed by atoms with Gasteiger partial charge < -0.3 is 30.2 Å². The van der Waals surface area contributed by atoms with Crippen molar-refractivity contribution >= 4 is 23.9 Å². The predicted octanol–water partition coefficient (Wildman–Crippen LogP) is 2.88. The third-order valence-electron chi connectivity index (χ3n) is 4.98. The number of alkyl carbamates (subject to hydrolysis) is 1. The lowest BCUT2D eigenvalue weighted by atomic mass is 10.0. The van der Waals surface area contributed by atoms with Gasteiger partial charge in [0, 0.05) is 6.42 Å². The summed E-state index contributed by atoms with van der Waals surface area (Å²) in [7, 11) is 1.22. The van der Waals surface area contributed by atoms with Gasteiger partial charge in [-0.05, 0) is 51.3 Å². The van der Waals surface area contributed by atoms with Gasteiger partial charge in [-0.25, -0.2) is 4.79 Å². The lowest BCUT2D eigenvalue weighted by Crippen LogP contribution is -2.55. The van der Waals surface area contributed by atoms with Gasteiger partial charge >= 0.3 is 12.1 Å². The molecule has 202 valence electrons. The molecular weight excluding hydrogens is 466 g/mol. The van der Waals surface area contributed by atoms with E-state index < -0.39 is 41.6 Å². The molecule has 0 fully saturated rings. The smallest absolute Gasteiger partial charge is 0.408 e. The second-order valence-electron chi connectivity index (χ2n) is 9.39. The van der Waals surface area contributed by atoms with Crippen LogP contribution in [0.4, 0.5) is 4.79 Å². The van der Waals surface area contributed by atoms with Gasteiger partial charge in [-0.15, -0.1) is 0 Å². The number of esters is 1. The van der Waals surface area contributed by atoms with Crippen molar-refractivity contribution in [1.29, 1.82) is 0 Å². The van der Waals surface area contributed by atoms with Crippen LogP contribution < -0.4 is 20.7 Å². The maximum atomic E-state index is 13.2. The number of ether oxygens (including phenoxy) is 3. The molecule has 0 bridgehead atoms. The Morgan fingerprint density at radius 2 is 1.58 bits per heavy atom. The van der Waals surface area contributed by atoms with Crippen molar-refractivity contribution in [3.8, 4) is 5.75 Å². The van der Waals surface area contributed by atoms with Crippen LogP contribution in [-0.4, -0.2) is 61.8 Å². The Labute approximate surface area is 213 Å². The molecule has 3 amide bonds. The number of carbonyl (C=O) groups is 4. The summed E-state index contributed by atoms with van der Waals surface area (Å²) in [5.41, 5.74) is 0.0393. The Balaban J connectivity index is 2.98. The Morgan fingerprint density at radius 1 is 0.917 bits per heavy atom. The first kappa shape index (κ1) is 30.7. The lowest BCUT2D eigenvalue weighted by molar-refractivity contribution is -0.141. The average Bonchev–Trinajstić information content (AvgIpc) is 2.81. The van der Waals surface area contributed by atoms with E-state index >= 15 is 0 Å². The van der Waals surface area contributed by atoms with Crippen LogP contribution in [0.1, 0.15) is 65.9 Å². The standard InChI is InChI=1S/C26H41N3O7/c1-7-9-15-35-19-13-11-18(12-14-19)16-21(29-25(33)36-26(3,4)5)24(32)28-20(10-8-2)23(31)27-17-22(30)34-6/h11-14,20-21H,7-10,15-17H2,1-6H3,(H,27,31)(H,28,32)(H,29,33)/t20?,21-/m0/s1. The van der Waals surface area contributed by atoms with Crippen LogP contribution in [0.5, 0.6) is 5.75 Å². The number of rotatable bonds is 14. The summed E-state index contributed by atoms with van der Waals surface area (Å²) in [5.74, 6) is -0.939. The molecule has 0 aliphatic heterocycles. The summed E-state index contributed by atoms with van der Waals surface area (Å²) in [4.78, 5) is 49.6. The molecule has 0 aliphatic carbocycles. The maximum Gasteiger partial charge on any atom is 0.408 e. The van der Waals surface area contributed by atoms with Crippen LogP contribution >= 0.6 is 0 Å². The fourth-order valence-electron chi connectivity index (χ4n) is 3.14. The van der Waals surface area contributed by atoms with Crippen molar-refractivity contribution in [2.24, 2.45) is 0 Å². The number of carbonyl (C=O) groups excluding carboxylic acids is 4. The van der Waals surface area contributed by atoms with Crippen LogP contribution in [0.3, 0.4) is 0 Å². The van der Waals surface area contributed by atoms with Crippen LogP contribution in [0, 0.1) is 0 Å². The highest BCUT2D eigenvalue weighted by atomic mass is 16.6. The van der Waals surface area contributed by atoms with Crippen molar-refractivity contribution in [2.75, 3.05) is 20.3 Å². The number of unbranched alkanes of at least 4 members (excludes halogenated alkanes) is 1. The highest BCUT2D eigenvalue weighted by molar-refractivity contribution is 5.92. The van der Waals surface area contributed by atoms with Gasteiger partial charge in [0.15, 0.2) is 0 Å². The molecule has 2 atom stereocenters. The van der Waals surface area contributed by atoms with E-state index in [1.165, 1.54) is 7.11 Å². The summed E-state index contributed by atoms with van der Waals surface area (Å²) in [6.45, 7) is 9.44. The van der Waals surface area contributed by atoms with Crippen molar-refractivity contribution < 1.29 is 33.4 Å². The fraction of sp³-hybridized carbons (Fsp3) is 0.615. The Morgan fingerprint density at radius 3 is 2.14 bits per heavy atom. The second-order valence-corrected chi connectivity index (χ2v) is 9.39.